The third-order valence-corrected chi connectivity index (χ3v) is 11.7. The van der Waals surface area contributed by atoms with E-state index >= 15 is 0 Å². The van der Waals surface area contributed by atoms with Crippen LogP contribution < -0.4 is 11.1 Å². The van der Waals surface area contributed by atoms with E-state index in [9.17, 15) is 27.6 Å². The quantitative estimate of drug-likeness (QED) is 0.372. The number of alkyl halides is 3. The molecule has 4 aliphatic rings. The van der Waals surface area contributed by atoms with Gasteiger partial charge in [0.1, 0.15) is 0 Å². The van der Waals surface area contributed by atoms with Crippen molar-refractivity contribution in [3.8, 4) is 0 Å². The van der Waals surface area contributed by atoms with E-state index in [1.807, 2.05) is 29.2 Å². The van der Waals surface area contributed by atoms with Crippen molar-refractivity contribution in [2.45, 2.75) is 88.8 Å². The maximum atomic E-state index is 14.1. The topological polar surface area (TPSA) is 115 Å². The van der Waals surface area contributed by atoms with Crippen LogP contribution in [0.5, 0.6) is 0 Å². The van der Waals surface area contributed by atoms with E-state index in [4.69, 9.17) is 22.1 Å². The third kappa shape index (κ3) is 8.39. The molecule has 6 rings (SSSR count). The lowest BCUT2D eigenvalue weighted by molar-refractivity contribution is -0.142. The molecule has 3 N–H and O–H groups in total. The number of likely N-dealkylation sites (tertiary alicyclic amines) is 2. The predicted molar refractivity (Wildman–Crippen MR) is 193 cm³/mol. The summed E-state index contributed by atoms with van der Waals surface area (Å²) < 4.78 is 47.4. The molecule has 15 heteroatoms. The van der Waals surface area contributed by atoms with Crippen molar-refractivity contribution in [3.63, 3.8) is 0 Å². The molecule has 11 nitrogen and oxygen atoms in total. The number of fused-ring (bicyclic) bond motifs is 1. The average molecular weight is 748 g/mol. The van der Waals surface area contributed by atoms with Gasteiger partial charge in [0, 0.05) is 82.1 Å². The first-order chi connectivity index (χ1) is 24.7. The number of hydrogen-bond donors (Lipinski definition) is 2. The number of piperazine rings is 1. The number of rotatable bonds is 6. The Labute approximate surface area is 308 Å². The smallest absolute Gasteiger partial charge is 0.418 e. The highest BCUT2D eigenvalue weighted by molar-refractivity contribution is 6.33. The fourth-order valence-corrected chi connectivity index (χ4v) is 8.35. The van der Waals surface area contributed by atoms with E-state index in [-0.39, 0.29) is 29.1 Å². The first kappa shape index (κ1) is 38.0. The minimum atomic E-state index is -4.77. The second kappa shape index (κ2) is 15.7. The van der Waals surface area contributed by atoms with Gasteiger partial charge in [-0.05, 0) is 82.3 Å². The van der Waals surface area contributed by atoms with Crippen LogP contribution in [0.1, 0.15) is 56.2 Å². The molecule has 0 bridgehead atoms. The average Bonchev–Trinajstić information content (AvgIpc) is 3.28. The number of amides is 4. The number of piperidine rings is 2. The summed E-state index contributed by atoms with van der Waals surface area (Å²) in [5.41, 5.74) is 5.91. The molecule has 2 aromatic rings. The van der Waals surface area contributed by atoms with Crippen LogP contribution in [0.3, 0.4) is 0 Å². The number of halogens is 4. The fraction of sp³-hybridized carbons (Fsp3) is 0.595. The van der Waals surface area contributed by atoms with Gasteiger partial charge in [-0.2, -0.15) is 13.2 Å². The minimum absolute atomic E-state index is 0.0832. The molecule has 0 radical (unpaired) electrons. The van der Waals surface area contributed by atoms with Gasteiger partial charge in [-0.1, -0.05) is 29.8 Å². The van der Waals surface area contributed by atoms with Gasteiger partial charge in [-0.3, -0.25) is 14.6 Å². The lowest BCUT2D eigenvalue weighted by Gasteiger charge is -2.47. The zero-order valence-electron chi connectivity index (χ0n) is 30.0. The first-order valence-corrected chi connectivity index (χ1v) is 18.6. The van der Waals surface area contributed by atoms with Crippen LogP contribution in [0.25, 0.3) is 0 Å². The molecular weight excluding hydrogens is 699 g/mol. The summed E-state index contributed by atoms with van der Waals surface area (Å²) >= 11 is 6.13. The summed E-state index contributed by atoms with van der Waals surface area (Å²) in [6.07, 6.45) is -3.96. The number of ether oxygens (including phenoxy) is 1. The number of likely N-dealkylation sites (N-methyl/N-ethyl adjacent to an activating group) is 1. The number of anilines is 2. The summed E-state index contributed by atoms with van der Waals surface area (Å²) in [5.74, 6) is -0.455. The summed E-state index contributed by atoms with van der Waals surface area (Å²) in [6, 6.07) is 10.7. The first-order valence-electron chi connectivity index (χ1n) is 18.2. The van der Waals surface area contributed by atoms with E-state index in [1.165, 1.54) is 11.0 Å². The molecule has 0 saturated carbocycles. The highest BCUT2D eigenvalue weighted by Crippen LogP contribution is 2.38. The molecular formula is C37H49ClF3N7O4. The van der Waals surface area contributed by atoms with E-state index < -0.39 is 35.5 Å². The number of nitrogens with zero attached hydrogens (tertiary/aromatic N) is 5. The van der Waals surface area contributed by atoms with Crippen LogP contribution >= 0.6 is 11.6 Å². The zero-order chi connectivity index (χ0) is 37.3. The summed E-state index contributed by atoms with van der Waals surface area (Å²) in [7, 11) is 2.14. The largest absolute Gasteiger partial charge is 0.436 e. The molecule has 0 aliphatic carbocycles. The van der Waals surface area contributed by atoms with E-state index in [2.05, 4.69) is 36.0 Å². The number of nitrogens with two attached hydrogens (primary N) is 1. The van der Waals surface area contributed by atoms with Crippen molar-refractivity contribution in [2.75, 3.05) is 63.9 Å². The number of hydrogen-bond acceptors (Lipinski definition) is 7. The van der Waals surface area contributed by atoms with Crippen LogP contribution in [0.15, 0.2) is 36.4 Å². The normalized spacial score (nSPS) is 23.5. The van der Waals surface area contributed by atoms with Crippen molar-refractivity contribution in [1.29, 1.82) is 0 Å². The molecule has 4 heterocycles. The number of carbonyl (C=O) groups is 3. The Bertz CT molecular complexity index is 1620. The number of nitrogen functional groups attached to an aromatic ring is 1. The van der Waals surface area contributed by atoms with Gasteiger partial charge in [0.2, 0.25) is 0 Å². The van der Waals surface area contributed by atoms with Gasteiger partial charge < -0.3 is 30.5 Å². The summed E-state index contributed by atoms with van der Waals surface area (Å²) in [6.45, 7) is 8.30. The standard InChI is InChI=1S/C37H49ClF3N7O4/c1-23-21-47(22-24(2)44(23)3)27-9-13-45(14-10-27)34(49)32(20-25-18-29(37(39,40)41)33(42)30(38)19-25)52-36(51)46-15-11-28(12-16-46)48-17-8-26-6-4-5-7-31(26)43-35(48)50/h4-7,18-19,23-24,27-28,32H,8-17,20-22,42H2,1-3H3,(H,43,50). The lowest BCUT2D eigenvalue weighted by atomic mass is 9.98. The maximum Gasteiger partial charge on any atom is 0.418 e. The van der Waals surface area contributed by atoms with E-state index in [1.54, 1.807) is 4.90 Å². The van der Waals surface area contributed by atoms with Crippen molar-refractivity contribution in [1.82, 2.24) is 24.5 Å². The monoisotopic (exact) mass is 747 g/mol. The van der Waals surface area contributed by atoms with Crippen LogP contribution in [0.4, 0.5) is 34.1 Å². The fourth-order valence-electron chi connectivity index (χ4n) is 8.11. The zero-order valence-corrected chi connectivity index (χ0v) is 30.8. The molecule has 4 amide bonds. The number of carbonyl (C=O) groups excluding carboxylic acids is 3. The second-order valence-electron chi connectivity index (χ2n) is 14.7. The van der Waals surface area contributed by atoms with Crippen LogP contribution in [-0.4, -0.2) is 126 Å². The number of benzene rings is 2. The van der Waals surface area contributed by atoms with Gasteiger partial charge in [0.25, 0.3) is 5.91 Å². The SMILES string of the molecule is CC1CN(C2CCN(C(=O)C(Cc3cc(Cl)c(N)c(C(F)(F)F)c3)OC(=O)N3CCC(N4CCc5ccccc5NC4=O)CC3)CC2)CC(C)N1C. The van der Waals surface area contributed by atoms with Crippen molar-refractivity contribution in [3.05, 3.63) is 58.1 Å². The molecule has 0 spiro atoms. The Morgan fingerprint density at radius 1 is 0.962 bits per heavy atom. The van der Waals surface area contributed by atoms with E-state index in [0.29, 0.717) is 70.1 Å². The number of nitrogens with one attached hydrogen (secondary N) is 1. The molecule has 284 valence electrons. The molecule has 3 atom stereocenters. The van der Waals surface area contributed by atoms with Gasteiger partial charge in [-0.15, -0.1) is 0 Å². The number of urea groups is 1. The van der Waals surface area contributed by atoms with Gasteiger partial charge in [0.15, 0.2) is 6.10 Å². The molecule has 0 aromatic heterocycles. The maximum absolute atomic E-state index is 14.1. The third-order valence-electron chi connectivity index (χ3n) is 11.4. The Hall–Kier alpha value is -3.75. The van der Waals surface area contributed by atoms with Gasteiger partial charge in [-0.25, -0.2) is 9.59 Å². The molecule has 2 aromatic carbocycles. The molecule has 52 heavy (non-hydrogen) atoms. The Kier molecular flexibility index (Phi) is 11.5. The van der Waals surface area contributed by atoms with Gasteiger partial charge >= 0.3 is 18.3 Å². The van der Waals surface area contributed by atoms with Crippen LogP contribution in [-0.2, 0) is 28.5 Å². The van der Waals surface area contributed by atoms with Crippen molar-refractivity contribution < 1.29 is 32.3 Å². The predicted octanol–water partition coefficient (Wildman–Crippen LogP) is 5.56. The van der Waals surface area contributed by atoms with Crippen LogP contribution in [0, 0.1) is 0 Å². The van der Waals surface area contributed by atoms with E-state index in [0.717, 1.165) is 43.2 Å². The molecule has 3 fully saturated rings. The van der Waals surface area contributed by atoms with Crippen molar-refractivity contribution in [2.24, 2.45) is 0 Å². The molecule has 3 unspecified atom stereocenters. The highest BCUT2D eigenvalue weighted by atomic mass is 35.5. The lowest BCUT2D eigenvalue weighted by Crippen LogP contribution is -2.59. The van der Waals surface area contributed by atoms with Crippen LogP contribution in [0.2, 0.25) is 5.02 Å². The minimum Gasteiger partial charge on any atom is -0.436 e. The Balaban J connectivity index is 1.12. The molecule has 3 saturated heterocycles. The summed E-state index contributed by atoms with van der Waals surface area (Å²) in [4.78, 5) is 50.6. The number of para-hydroxylation sites is 1. The Morgan fingerprint density at radius 2 is 1.58 bits per heavy atom. The Morgan fingerprint density at radius 3 is 2.23 bits per heavy atom. The second-order valence-corrected chi connectivity index (χ2v) is 15.1. The molecule has 4 aliphatic heterocycles. The van der Waals surface area contributed by atoms with Crippen molar-refractivity contribution >= 4 is 41.0 Å². The summed E-state index contributed by atoms with van der Waals surface area (Å²) in [5, 5.41) is 2.70. The van der Waals surface area contributed by atoms with Gasteiger partial charge in [0.05, 0.1) is 16.3 Å². The highest BCUT2D eigenvalue weighted by Gasteiger charge is 2.39.